The Bertz CT molecular complexity index is 562. The van der Waals surface area contributed by atoms with Crippen molar-refractivity contribution >= 4 is 11.3 Å². The predicted octanol–water partition coefficient (Wildman–Crippen LogP) is 4.92. The van der Waals surface area contributed by atoms with Crippen LogP contribution in [-0.2, 0) is 0 Å². The van der Waals surface area contributed by atoms with Gasteiger partial charge >= 0.3 is 0 Å². The van der Waals surface area contributed by atoms with Crippen LogP contribution in [0.3, 0.4) is 0 Å². The summed E-state index contributed by atoms with van der Waals surface area (Å²) in [4.78, 5) is 2.65. The fourth-order valence-electron chi connectivity index (χ4n) is 2.46. The van der Waals surface area contributed by atoms with Crippen LogP contribution in [0.25, 0.3) is 0 Å². The van der Waals surface area contributed by atoms with E-state index in [-0.39, 0.29) is 17.9 Å². The maximum atomic E-state index is 13.7. The van der Waals surface area contributed by atoms with E-state index in [2.05, 4.69) is 32.2 Å². The van der Waals surface area contributed by atoms with Crippen molar-refractivity contribution in [2.24, 2.45) is 0 Å². The molecule has 102 valence electrons. The highest BCUT2D eigenvalue weighted by Crippen LogP contribution is 2.28. The average molecular weight is 277 g/mol. The molecule has 0 aliphatic carbocycles. The largest absolute Gasteiger partial charge is 0.304 e. The fourth-order valence-corrected chi connectivity index (χ4v) is 3.48. The molecule has 2 atom stereocenters. The first-order valence-corrected chi connectivity index (χ1v) is 7.38. The second-order valence-electron chi connectivity index (χ2n) is 5.00. The fraction of sp³-hybridized carbons (Fsp3) is 0.375. The number of benzene rings is 1. The van der Waals surface area contributed by atoms with Crippen LogP contribution in [0.1, 0.15) is 46.8 Å². The minimum atomic E-state index is -0.145. The molecule has 2 unspecified atom stereocenters. The Balaban J connectivity index is 2.13. The van der Waals surface area contributed by atoms with Gasteiger partial charge in [-0.1, -0.05) is 18.2 Å². The van der Waals surface area contributed by atoms with Crippen molar-refractivity contribution in [3.05, 3.63) is 57.0 Å². The molecule has 0 aliphatic heterocycles. The molecule has 0 amide bonds. The summed E-state index contributed by atoms with van der Waals surface area (Å²) in [5.41, 5.74) is 2.03. The molecule has 2 rings (SSSR count). The number of aryl methyl sites for hydroxylation is 2. The lowest BCUT2D eigenvalue weighted by atomic mass is 10.0. The maximum absolute atomic E-state index is 13.7. The first-order chi connectivity index (χ1) is 8.99. The van der Waals surface area contributed by atoms with E-state index < -0.39 is 0 Å². The lowest BCUT2D eigenvalue weighted by molar-refractivity contribution is 0.473. The molecular weight excluding hydrogens is 257 g/mol. The molecule has 2 aromatic rings. The summed E-state index contributed by atoms with van der Waals surface area (Å²) >= 11 is 1.81. The van der Waals surface area contributed by atoms with E-state index in [9.17, 15) is 4.39 Å². The van der Waals surface area contributed by atoms with Gasteiger partial charge in [-0.2, -0.15) is 0 Å². The maximum Gasteiger partial charge on any atom is 0.127 e. The van der Waals surface area contributed by atoms with Gasteiger partial charge in [0.2, 0.25) is 0 Å². The van der Waals surface area contributed by atoms with Gasteiger partial charge in [0, 0.05) is 27.4 Å². The number of thiophene rings is 1. The van der Waals surface area contributed by atoms with Crippen LogP contribution < -0.4 is 5.32 Å². The summed E-state index contributed by atoms with van der Waals surface area (Å²) in [6.45, 7) is 8.39. The van der Waals surface area contributed by atoms with E-state index in [4.69, 9.17) is 0 Å². The molecule has 1 aromatic carbocycles. The van der Waals surface area contributed by atoms with Gasteiger partial charge in [0.25, 0.3) is 0 Å². The lowest BCUT2D eigenvalue weighted by Crippen LogP contribution is -2.23. The average Bonchev–Trinajstić information content (AvgIpc) is 2.69. The van der Waals surface area contributed by atoms with Crippen LogP contribution in [0.4, 0.5) is 4.39 Å². The summed E-state index contributed by atoms with van der Waals surface area (Å²) in [5, 5.41) is 3.47. The molecular formula is C16H20FNS. The minimum absolute atomic E-state index is 0.00388. The zero-order valence-electron chi connectivity index (χ0n) is 11.8. The first kappa shape index (κ1) is 14.2. The molecule has 0 aliphatic rings. The second kappa shape index (κ2) is 5.85. The van der Waals surface area contributed by atoms with Gasteiger partial charge in [-0.15, -0.1) is 11.3 Å². The molecule has 1 heterocycles. The van der Waals surface area contributed by atoms with Crippen LogP contribution in [0, 0.1) is 19.7 Å². The molecule has 0 bridgehead atoms. The topological polar surface area (TPSA) is 12.0 Å². The third-order valence-electron chi connectivity index (χ3n) is 3.42. The smallest absolute Gasteiger partial charge is 0.127 e. The van der Waals surface area contributed by atoms with Crippen molar-refractivity contribution in [3.63, 3.8) is 0 Å². The Hall–Kier alpha value is -1.19. The van der Waals surface area contributed by atoms with Crippen LogP contribution in [0.15, 0.2) is 30.3 Å². The zero-order chi connectivity index (χ0) is 14.0. The monoisotopic (exact) mass is 277 g/mol. The van der Waals surface area contributed by atoms with Crippen molar-refractivity contribution in [1.82, 2.24) is 5.32 Å². The van der Waals surface area contributed by atoms with Gasteiger partial charge < -0.3 is 5.32 Å². The normalized spacial score (nSPS) is 14.4. The Morgan fingerprint density at radius 1 is 1.05 bits per heavy atom. The Morgan fingerprint density at radius 3 is 2.26 bits per heavy atom. The number of halogens is 1. The molecule has 0 saturated heterocycles. The van der Waals surface area contributed by atoms with Crippen LogP contribution >= 0.6 is 11.3 Å². The molecule has 0 fully saturated rings. The van der Waals surface area contributed by atoms with Crippen molar-refractivity contribution in [1.29, 1.82) is 0 Å². The highest BCUT2D eigenvalue weighted by atomic mass is 32.1. The summed E-state index contributed by atoms with van der Waals surface area (Å²) in [6.07, 6.45) is 0. The number of nitrogens with one attached hydrogen (secondary N) is 1. The summed E-state index contributed by atoms with van der Waals surface area (Å²) in [6, 6.07) is 9.38. The van der Waals surface area contributed by atoms with Crippen molar-refractivity contribution in [3.8, 4) is 0 Å². The predicted molar refractivity (Wildman–Crippen MR) is 80.2 cm³/mol. The van der Waals surface area contributed by atoms with Gasteiger partial charge in [-0.25, -0.2) is 4.39 Å². The lowest BCUT2D eigenvalue weighted by Gasteiger charge is -2.21. The van der Waals surface area contributed by atoms with Crippen LogP contribution in [-0.4, -0.2) is 0 Å². The molecule has 0 radical (unpaired) electrons. The molecule has 3 heteroatoms. The van der Waals surface area contributed by atoms with E-state index in [1.54, 1.807) is 6.07 Å². The SMILES string of the molecule is Cc1cc(C(C)NC(C)c2ccccc2F)c(C)s1. The van der Waals surface area contributed by atoms with Gasteiger partial charge in [0.1, 0.15) is 5.82 Å². The van der Waals surface area contributed by atoms with Gasteiger partial charge in [-0.3, -0.25) is 0 Å². The van der Waals surface area contributed by atoms with Crippen molar-refractivity contribution < 1.29 is 4.39 Å². The highest BCUT2D eigenvalue weighted by molar-refractivity contribution is 7.12. The minimum Gasteiger partial charge on any atom is -0.304 e. The standard InChI is InChI=1S/C16H20FNS/c1-10-9-15(13(4)19-10)12(3)18-11(2)14-7-5-6-8-16(14)17/h5-9,11-12,18H,1-4H3. The molecule has 19 heavy (non-hydrogen) atoms. The van der Waals surface area contributed by atoms with Crippen LogP contribution in [0.5, 0.6) is 0 Å². The summed E-state index contributed by atoms with van der Waals surface area (Å²) in [5.74, 6) is -0.145. The van der Waals surface area contributed by atoms with Crippen LogP contribution in [0.2, 0.25) is 0 Å². The zero-order valence-corrected chi connectivity index (χ0v) is 12.6. The molecule has 1 aromatic heterocycles. The van der Waals surface area contributed by atoms with E-state index in [0.29, 0.717) is 0 Å². The van der Waals surface area contributed by atoms with Gasteiger partial charge in [0.05, 0.1) is 0 Å². The quantitative estimate of drug-likeness (QED) is 0.836. The molecule has 1 N–H and O–H groups in total. The van der Waals surface area contributed by atoms with E-state index in [1.165, 1.54) is 21.4 Å². The first-order valence-electron chi connectivity index (χ1n) is 6.56. The Morgan fingerprint density at radius 2 is 1.68 bits per heavy atom. The highest BCUT2D eigenvalue weighted by Gasteiger charge is 2.16. The Labute approximate surface area is 118 Å². The molecule has 0 saturated carbocycles. The van der Waals surface area contributed by atoms with Crippen molar-refractivity contribution in [2.45, 2.75) is 39.8 Å². The number of rotatable bonds is 4. The summed E-state index contributed by atoms with van der Waals surface area (Å²) in [7, 11) is 0. The third kappa shape index (κ3) is 3.23. The van der Waals surface area contributed by atoms with Gasteiger partial charge in [-0.05, 0) is 45.4 Å². The van der Waals surface area contributed by atoms with E-state index >= 15 is 0 Å². The second-order valence-corrected chi connectivity index (χ2v) is 6.46. The van der Waals surface area contributed by atoms with E-state index in [1.807, 2.05) is 30.4 Å². The number of hydrogen-bond donors (Lipinski definition) is 1. The molecule has 1 nitrogen and oxygen atoms in total. The number of hydrogen-bond acceptors (Lipinski definition) is 2. The van der Waals surface area contributed by atoms with Gasteiger partial charge in [0.15, 0.2) is 0 Å². The molecule has 0 spiro atoms. The third-order valence-corrected chi connectivity index (χ3v) is 4.40. The van der Waals surface area contributed by atoms with E-state index in [0.717, 1.165) is 5.56 Å². The van der Waals surface area contributed by atoms with Crippen molar-refractivity contribution in [2.75, 3.05) is 0 Å². The Kier molecular flexibility index (Phi) is 4.38. The summed E-state index contributed by atoms with van der Waals surface area (Å²) < 4.78 is 13.7.